The summed E-state index contributed by atoms with van der Waals surface area (Å²) in [5.41, 5.74) is 6.68. The van der Waals surface area contributed by atoms with Gasteiger partial charge in [-0.3, -0.25) is 0 Å². The normalized spacial score (nSPS) is 12.2. The van der Waals surface area contributed by atoms with Crippen LogP contribution in [0, 0.1) is 5.82 Å². The minimum absolute atomic E-state index is 0.151. The topological polar surface area (TPSA) is 35.2 Å². The Bertz CT molecular complexity index is 325. The molecule has 0 aromatic heterocycles. The average Bonchev–Trinajstić information content (AvgIpc) is 2.19. The van der Waals surface area contributed by atoms with Gasteiger partial charge in [0.1, 0.15) is 0 Å². The van der Waals surface area contributed by atoms with Gasteiger partial charge in [0.2, 0.25) is 0 Å². The lowest BCUT2D eigenvalue weighted by atomic mass is 10.0. The Morgan fingerprint density at radius 3 is 2.93 bits per heavy atom. The third-order valence-corrected chi connectivity index (χ3v) is 2.02. The first kappa shape index (κ1) is 10.7. The van der Waals surface area contributed by atoms with Crippen LogP contribution in [0.4, 0.5) is 4.39 Å². The summed E-state index contributed by atoms with van der Waals surface area (Å²) >= 11 is 0. The first-order valence-electron chi connectivity index (χ1n) is 4.39. The second kappa shape index (κ2) is 4.77. The van der Waals surface area contributed by atoms with Crippen molar-refractivity contribution >= 4 is 0 Å². The highest BCUT2D eigenvalue weighted by Crippen LogP contribution is 2.22. The fourth-order valence-corrected chi connectivity index (χ4v) is 1.22. The standard InChI is InChI=1S/C11H14FNO/c1-3-4-10(13)8-5-6-9(12)11(7-8)14-2/h3,5-7,10H,1,4,13H2,2H3/t10-/m1/s1. The fourth-order valence-electron chi connectivity index (χ4n) is 1.22. The summed E-state index contributed by atoms with van der Waals surface area (Å²) in [6.45, 7) is 3.60. The smallest absolute Gasteiger partial charge is 0.165 e. The SMILES string of the molecule is C=CC[C@@H](N)c1ccc(F)c(OC)c1. The average molecular weight is 195 g/mol. The van der Waals surface area contributed by atoms with E-state index in [-0.39, 0.29) is 17.6 Å². The van der Waals surface area contributed by atoms with Crippen LogP contribution < -0.4 is 10.5 Å². The van der Waals surface area contributed by atoms with Gasteiger partial charge in [-0.2, -0.15) is 0 Å². The van der Waals surface area contributed by atoms with Crippen molar-refractivity contribution in [3.05, 3.63) is 42.2 Å². The van der Waals surface area contributed by atoms with Crippen molar-refractivity contribution in [2.24, 2.45) is 5.73 Å². The van der Waals surface area contributed by atoms with E-state index >= 15 is 0 Å². The van der Waals surface area contributed by atoms with Crippen molar-refractivity contribution in [3.63, 3.8) is 0 Å². The second-order valence-corrected chi connectivity index (χ2v) is 3.02. The van der Waals surface area contributed by atoms with Gasteiger partial charge >= 0.3 is 0 Å². The molecule has 3 heteroatoms. The van der Waals surface area contributed by atoms with E-state index in [2.05, 4.69) is 6.58 Å². The molecule has 0 saturated heterocycles. The molecule has 1 rings (SSSR count). The Labute approximate surface area is 83.2 Å². The van der Waals surface area contributed by atoms with Crippen molar-refractivity contribution in [2.75, 3.05) is 7.11 Å². The zero-order valence-corrected chi connectivity index (χ0v) is 8.16. The predicted octanol–water partition coefficient (Wildman–Crippen LogP) is 2.41. The molecule has 0 spiro atoms. The highest BCUT2D eigenvalue weighted by molar-refractivity contribution is 5.32. The van der Waals surface area contributed by atoms with Gasteiger partial charge in [-0.05, 0) is 24.1 Å². The van der Waals surface area contributed by atoms with E-state index < -0.39 is 0 Å². The molecule has 0 unspecified atom stereocenters. The molecule has 14 heavy (non-hydrogen) atoms. The summed E-state index contributed by atoms with van der Waals surface area (Å²) in [5.74, 6) is -0.149. The molecular formula is C11H14FNO. The van der Waals surface area contributed by atoms with Crippen LogP contribution in [0.1, 0.15) is 18.0 Å². The molecule has 0 aliphatic heterocycles. The number of rotatable bonds is 4. The molecule has 1 aromatic carbocycles. The minimum Gasteiger partial charge on any atom is -0.494 e. The molecule has 0 fully saturated rings. The Kier molecular flexibility index (Phi) is 3.65. The van der Waals surface area contributed by atoms with Gasteiger partial charge in [0, 0.05) is 6.04 Å². The van der Waals surface area contributed by atoms with Crippen molar-refractivity contribution in [1.29, 1.82) is 0 Å². The number of hydrogen-bond acceptors (Lipinski definition) is 2. The summed E-state index contributed by atoms with van der Waals surface area (Å²) in [4.78, 5) is 0. The van der Waals surface area contributed by atoms with Gasteiger partial charge in [0.15, 0.2) is 11.6 Å². The third kappa shape index (κ3) is 2.33. The predicted molar refractivity (Wildman–Crippen MR) is 54.7 cm³/mol. The Morgan fingerprint density at radius 2 is 2.36 bits per heavy atom. The number of methoxy groups -OCH3 is 1. The Hall–Kier alpha value is -1.35. The van der Waals surface area contributed by atoms with Gasteiger partial charge in [-0.15, -0.1) is 6.58 Å². The largest absolute Gasteiger partial charge is 0.494 e. The molecule has 76 valence electrons. The van der Waals surface area contributed by atoms with Gasteiger partial charge in [0.25, 0.3) is 0 Å². The maximum Gasteiger partial charge on any atom is 0.165 e. The number of ether oxygens (including phenoxy) is 1. The highest BCUT2D eigenvalue weighted by atomic mass is 19.1. The maximum atomic E-state index is 13.0. The van der Waals surface area contributed by atoms with Gasteiger partial charge in [-0.25, -0.2) is 4.39 Å². The lowest BCUT2D eigenvalue weighted by Gasteiger charge is -2.11. The molecular weight excluding hydrogens is 181 g/mol. The molecule has 0 saturated carbocycles. The zero-order valence-electron chi connectivity index (χ0n) is 8.16. The number of nitrogens with two attached hydrogens (primary N) is 1. The van der Waals surface area contributed by atoms with E-state index in [1.54, 1.807) is 18.2 Å². The van der Waals surface area contributed by atoms with E-state index in [1.165, 1.54) is 13.2 Å². The molecule has 0 amide bonds. The van der Waals surface area contributed by atoms with Crippen LogP contribution in [0.2, 0.25) is 0 Å². The van der Waals surface area contributed by atoms with E-state index in [0.29, 0.717) is 6.42 Å². The van der Waals surface area contributed by atoms with Crippen LogP contribution in [0.3, 0.4) is 0 Å². The number of halogens is 1. The number of hydrogen-bond donors (Lipinski definition) is 1. The molecule has 0 aliphatic carbocycles. The lowest BCUT2D eigenvalue weighted by molar-refractivity contribution is 0.385. The first-order chi connectivity index (χ1) is 6.69. The summed E-state index contributed by atoms with van der Waals surface area (Å²) in [6.07, 6.45) is 2.40. The quantitative estimate of drug-likeness (QED) is 0.749. The van der Waals surface area contributed by atoms with Crippen LogP contribution in [0.25, 0.3) is 0 Å². The monoisotopic (exact) mass is 195 g/mol. The van der Waals surface area contributed by atoms with Gasteiger partial charge in [0.05, 0.1) is 7.11 Å². The van der Waals surface area contributed by atoms with Crippen molar-refractivity contribution < 1.29 is 9.13 Å². The van der Waals surface area contributed by atoms with Crippen LogP contribution in [0.15, 0.2) is 30.9 Å². The second-order valence-electron chi connectivity index (χ2n) is 3.02. The van der Waals surface area contributed by atoms with E-state index in [0.717, 1.165) is 5.56 Å². The Balaban J connectivity index is 2.93. The molecule has 1 aromatic rings. The van der Waals surface area contributed by atoms with Crippen LogP contribution >= 0.6 is 0 Å². The summed E-state index contributed by atoms with van der Waals surface area (Å²) in [6, 6.07) is 4.48. The molecule has 0 heterocycles. The minimum atomic E-state index is -0.373. The molecule has 2 N–H and O–H groups in total. The molecule has 0 aliphatic rings. The van der Waals surface area contributed by atoms with Crippen LogP contribution in [0.5, 0.6) is 5.75 Å². The first-order valence-corrected chi connectivity index (χ1v) is 4.39. The molecule has 0 radical (unpaired) electrons. The molecule has 2 nitrogen and oxygen atoms in total. The van der Waals surface area contributed by atoms with Crippen LogP contribution in [-0.2, 0) is 0 Å². The maximum absolute atomic E-state index is 13.0. The highest BCUT2D eigenvalue weighted by Gasteiger charge is 2.08. The van der Waals surface area contributed by atoms with Crippen molar-refractivity contribution in [3.8, 4) is 5.75 Å². The summed E-state index contributed by atoms with van der Waals surface area (Å²) in [5, 5.41) is 0. The van der Waals surface area contributed by atoms with Gasteiger partial charge in [-0.1, -0.05) is 12.1 Å². The number of benzene rings is 1. The van der Waals surface area contributed by atoms with Crippen molar-refractivity contribution in [1.82, 2.24) is 0 Å². The Morgan fingerprint density at radius 1 is 1.64 bits per heavy atom. The van der Waals surface area contributed by atoms with Crippen LogP contribution in [-0.4, -0.2) is 7.11 Å². The van der Waals surface area contributed by atoms with E-state index in [4.69, 9.17) is 10.5 Å². The van der Waals surface area contributed by atoms with Gasteiger partial charge < -0.3 is 10.5 Å². The molecule has 1 atom stereocenters. The summed E-state index contributed by atoms with van der Waals surface area (Å²) in [7, 11) is 1.43. The third-order valence-electron chi connectivity index (χ3n) is 2.02. The summed E-state index contributed by atoms with van der Waals surface area (Å²) < 4.78 is 17.9. The van der Waals surface area contributed by atoms with E-state index in [9.17, 15) is 4.39 Å². The lowest BCUT2D eigenvalue weighted by Crippen LogP contribution is -2.09. The zero-order chi connectivity index (χ0) is 10.6. The van der Waals surface area contributed by atoms with Crippen molar-refractivity contribution in [2.45, 2.75) is 12.5 Å². The fraction of sp³-hybridized carbons (Fsp3) is 0.273. The molecule has 0 bridgehead atoms. The van der Waals surface area contributed by atoms with E-state index in [1.807, 2.05) is 0 Å².